The van der Waals surface area contributed by atoms with Crippen molar-refractivity contribution >= 4 is 11.9 Å². The van der Waals surface area contributed by atoms with Crippen molar-refractivity contribution in [1.29, 1.82) is 0 Å². The van der Waals surface area contributed by atoms with Gasteiger partial charge in [0.05, 0.1) is 11.6 Å². The summed E-state index contributed by atoms with van der Waals surface area (Å²) in [4.78, 5) is 23.5. The highest BCUT2D eigenvalue weighted by Gasteiger charge is 2.30. The average Bonchev–Trinajstić information content (AvgIpc) is 2.65. The lowest BCUT2D eigenvalue weighted by Gasteiger charge is -2.16. The van der Waals surface area contributed by atoms with Gasteiger partial charge in [0.2, 0.25) is 0 Å². The maximum atomic E-state index is 12.6. The summed E-state index contributed by atoms with van der Waals surface area (Å²) in [5.41, 5.74) is 1.15. The number of carbonyl (C=O) groups excluding carboxylic acids is 2. The molecule has 3 amide bonds. The second kappa shape index (κ2) is 8.57. The predicted octanol–water partition coefficient (Wildman–Crippen LogP) is 3.63. The van der Waals surface area contributed by atoms with Crippen molar-refractivity contribution in [3.05, 3.63) is 70.8 Å². The highest BCUT2D eigenvalue weighted by Crippen LogP contribution is 2.29. The molecular formula is C19H20F3N3O2. The van der Waals surface area contributed by atoms with E-state index >= 15 is 0 Å². The van der Waals surface area contributed by atoms with Crippen molar-refractivity contribution in [1.82, 2.24) is 16.0 Å². The van der Waals surface area contributed by atoms with Gasteiger partial charge in [-0.2, -0.15) is 13.2 Å². The molecule has 0 fully saturated rings. The lowest BCUT2D eigenvalue weighted by atomic mass is 10.1. The number of rotatable bonds is 5. The fraction of sp³-hybridized carbons (Fsp3) is 0.263. The van der Waals surface area contributed by atoms with Crippen LogP contribution in [0.4, 0.5) is 18.0 Å². The largest absolute Gasteiger partial charge is 0.416 e. The lowest BCUT2D eigenvalue weighted by molar-refractivity contribution is -0.137. The van der Waals surface area contributed by atoms with Crippen LogP contribution in [0.1, 0.15) is 40.0 Å². The van der Waals surface area contributed by atoms with Crippen molar-refractivity contribution in [3.8, 4) is 0 Å². The number of urea groups is 1. The zero-order valence-corrected chi connectivity index (χ0v) is 14.9. The molecule has 5 nitrogen and oxygen atoms in total. The highest BCUT2D eigenvalue weighted by molar-refractivity contribution is 5.93. The molecule has 0 saturated carbocycles. The first kappa shape index (κ1) is 20.3. The van der Waals surface area contributed by atoms with E-state index in [1.54, 1.807) is 38.2 Å². The van der Waals surface area contributed by atoms with Crippen LogP contribution in [0.2, 0.25) is 0 Å². The molecule has 0 unspecified atom stereocenters. The molecular weight excluding hydrogens is 359 g/mol. The Morgan fingerprint density at radius 2 is 1.59 bits per heavy atom. The molecule has 0 aliphatic carbocycles. The summed E-state index contributed by atoms with van der Waals surface area (Å²) in [6, 6.07) is 10.5. The van der Waals surface area contributed by atoms with Gasteiger partial charge in [0.15, 0.2) is 0 Å². The SMILES string of the molecule is CNC(=O)c1ccc(CNC(=O)N[C@H](C)c2ccc(C(F)(F)F)cc2)cc1. The Bertz CT molecular complexity index is 787. The van der Waals surface area contributed by atoms with E-state index in [-0.39, 0.29) is 12.5 Å². The van der Waals surface area contributed by atoms with E-state index in [0.29, 0.717) is 11.1 Å². The second-order valence-electron chi connectivity index (χ2n) is 5.94. The molecule has 3 N–H and O–H groups in total. The number of halogens is 3. The van der Waals surface area contributed by atoms with Gasteiger partial charge in [-0.1, -0.05) is 24.3 Å². The molecule has 8 heteroatoms. The molecule has 2 rings (SSSR count). The predicted molar refractivity (Wildman–Crippen MR) is 95.1 cm³/mol. The van der Waals surface area contributed by atoms with Gasteiger partial charge < -0.3 is 16.0 Å². The maximum Gasteiger partial charge on any atom is 0.416 e. The molecule has 144 valence electrons. The first-order chi connectivity index (χ1) is 12.7. The molecule has 27 heavy (non-hydrogen) atoms. The normalized spacial score (nSPS) is 12.2. The van der Waals surface area contributed by atoms with Crippen LogP contribution in [0.25, 0.3) is 0 Å². The average molecular weight is 379 g/mol. The quantitative estimate of drug-likeness (QED) is 0.743. The first-order valence-electron chi connectivity index (χ1n) is 8.23. The number of nitrogens with one attached hydrogen (secondary N) is 3. The summed E-state index contributed by atoms with van der Waals surface area (Å²) in [5.74, 6) is -0.197. The van der Waals surface area contributed by atoms with Crippen molar-refractivity contribution in [2.75, 3.05) is 7.05 Å². The van der Waals surface area contributed by atoms with Gasteiger partial charge in [-0.3, -0.25) is 4.79 Å². The van der Waals surface area contributed by atoms with Crippen LogP contribution in [0.15, 0.2) is 48.5 Å². The molecule has 1 atom stereocenters. The summed E-state index contributed by atoms with van der Waals surface area (Å²) in [7, 11) is 1.54. The van der Waals surface area contributed by atoms with E-state index in [0.717, 1.165) is 17.7 Å². The monoisotopic (exact) mass is 379 g/mol. The molecule has 0 saturated heterocycles. The summed E-state index contributed by atoms with van der Waals surface area (Å²) in [6.45, 7) is 1.93. The molecule has 0 heterocycles. The van der Waals surface area contributed by atoms with E-state index in [4.69, 9.17) is 0 Å². The Kier molecular flexibility index (Phi) is 6.44. The Morgan fingerprint density at radius 1 is 1.00 bits per heavy atom. The smallest absolute Gasteiger partial charge is 0.355 e. The van der Waals surface area contributed by atoms with Crippen LogP contribution in [0.3, 0.4) is 0 Å². The molecule has 0 aliphatic heterocycles. The Balaban J connectivity index is 1.87. The van der Waals surface area contributed by atoms with E-state index in [9.17, 15) is 22.8 Å². The summed E-state index contributed by atoms with van der Waals surface area (Å²) < 4.78 is 37.7. The standard InChI is InChI=1S/C19H20F3N3O2/c1-12(14-7-9-16(10-8-14)19(20,21)22)25-18(27)24-11-13-3-5-15(6-4-13)17(26)23-2/h3-10,12H,11H2,1-2H3,(H,23,26)(H2,24,25,27)/t12-/m1/s1. The van der Waals surface area contributed by atoms with Crippen molar-refractivity contribution in [2.24, 2.45) is 0 Å². The minimum Gasteiger partial charge on any atom is -0.355 e. The number of hydrogen-bond donors (Lipinski definition) is 3. The fourth-order valence-electron chi connectivity index (χ4n) is 2.39. The number of amides is 3. The minimum absolute atomic E-state index is 0.197. The zero-order valence-electron chi connectivity index (χ0n) is 14.9. The van der Waals surface area contributed by atoms with E-state index in [1.807, 2.05) is 0 Å². The van der Waals surface area contributed by atoms with Gasteiger partial charge >= 0.3 is 12.2 Å². The van der Waals surface area contributed by atoms with Gasteiger partial charge in [0.25, 0.3) is 5.91 Å². The van der Waals surface area contributed by atoms with Gasteiger partial charge in [0, 0.05) is 19.2 Å². The summed E-state index contributed by atoms with van der Waals surface area (Å²) in [5, 5.41) is 7.85. The summed E-state index contributed by atoms with van der Waals surface area (Å²) in [6.07, 6.45) is -4.39. The molecule has 0 aliphatic rings. The molecule has 0 spiro atoms. The minimum atomic E-state index is -4.39. The van der Waals surface area contributed by atoms with Crippen LogP contribution >= 0.6 is 0 Å². The number of benzene rings is 2. The van der Waals surface area contributed by atoms with E-state index < -0.39 is 23.8 Å². The molecule has 0 bridgehead atoms. The Morgan fingerprint density at radius 3 is 2.11 bits per heavy atom. The van der Waals surface area contributed by atoms with Crippen molar-refractivity contribution in [2.45, 2.75) is 25.7 Å². The topological polar surface area (TPSA) is 70.2 Å². The third kappa shape index (κ3) is 5.73. The molecule has 0 radical (unpaired) electrons. The Hall–Kier alpha value is -3.03. The first-order valence-corrected chi connectivity index (χ1v) is 8.23. The van der Waals surface area contributed by atoms with Gasteiger partial charge in [0.1, 0.15) is 0 Å². The third-order valence-electron chi connectivity index (χ3n) is 3.98. The Labute approximate surface area is 155 Å². The lowest BCUT2D eigenvalue weighted by Crippen LogP contribution is -2.36. The second-order valence-corrected chi connectivity index (χ2v) is 5.94. The number of alkyl halides is 3. The molecule has 2 aromatic carbocycles. The van der Waals surface area contributed by atoms with Gasteiger partial charge in [-0.25, -0.2) is 4.79 Å². The van der Waals surface area contributed by atoms with Crippen LogP contribution in [0, 0.1) is 0 Å². The van der Waals surface area contributed by atoms with E-state index in [2.05, 4.69) is 16.0 Å². The van der Waals surface area contributed by atoms with Crippen molar-refractivity contribution in [3.63, 3.8) is 0 Å². The van der Waals surface area contributed by atoms with Crippen LogP contribution in [0.5, 0.6) is 0 Å². The third-order valence-corrected chi connectivity index (χ3v) is 3.98. The zero-order chi connectivity index (χ0) is 20.0. The molecule has 2 aromatic rings. The fourth-order valence-corrected chi connectivity index (χ4v) is 2.39. The van der Waals surface area contributed by atoms with Gasteiger partial charge in [-0.15, -0.1) is 0 Å². The highest BCUT2D eigenvalue weighted by atomic mass is 19.4. The van der Waals surface area contributed by atoms with Gasteiger partial charge in [-0.05, 0) is 42.3 Å². The number of hydrogen-bond acceptors (Lipinski definition) is 2. The maximum absolute atomic E-state index is 12.6. The van der Waals surface area contributed by atoms with Crippen molar-refractivity contribution < 1.29 is 22.8 Å². The number of carbonyl (C=O) groups is 2. The van der Waals surface area contributed by atoms with Crippen LogP contribution in [-0.2, 0) is 12.7 Å². The molecule has 0 aromatic heterocycles. The van der Waals surface area contributed by atoms with Crippen LogP contribution < -0.4 is 16.0 Å². The van der Waals surface area contributed by atoms with Crippen LogP contribution in [-0.4, -0.2) is 19.0 Å². The van der Waals surface area contributed by atoms with E-state index in [1.165, 1.54) is 12.1 Å². The summed E-state index contributed by atoms with van der Waals surface area (Å²) >= 11 is 0.